The van der Waals surface area contributed by atoms with Crippen LogP contribution in [-0.2, 0) is 9.47 Å². The molecule has 0 saturated carbocycles. The molecular formula is C24H28N2O2S. The number of ether oxygens (including phenoxy) is 2. The summed E-state index contributed by atoms with van der Waals surface area (Å²) in [6.45, 7) is 10.1. The van der Waals surface area contributed by atoms with Crippen LogP contribution in [0.1, 0.15) is 38.8 Å². The summed E-state index contributed by atoms with van der Waals surface area (Å²) in [5, 5.41) is 0. The maximum Gasteiger partial charge on any atom is 0.217 e. The maximum absolute atomic E-state index is 5.95. The molecule has 0 N–H and O–H groups in total. The van der Waals surface area contributed by atoms with Gasteiger partial charge in [0.15, 0.2) is 0 Å². The number of aliphatic imine (C=N–C) groups is 2. The van der Waals surface area contributed by atoms with Gasteiger partial charge in [0, 0.05) is 9.79 Å². The Hall–Kier alpha value is -2.27. The van der Waals surface area contributed by atoms with Gasteiger partial charge in [-0.3, -0.25) is 0 Å². The van der Waals surface area contributed by atoms with Gasteiger partial charge < -0.3 is 9.47 Å². The lowest BCUT2D eigenvalue weighted by Crippen LogP contribution is -2.13. The van der Waals surface area contributed by atoms with E-state index >= 15 is 0 Å². The zero-order chi connectivity index (χ0) is 20.4. The van der Waals surface area contributed by atoms with Gasteiger partial charge in [0.05, 0.1) is 23.2 Å². The Kier molecular flexibility index (Phi) is 5.95. The number of rotatable bonds is 6. The minimum Gasteiger partial charge on any atom is -0.475 e. The first-order valence-electron chi connectivity index (χ1n) is 10.3. The molecule has 0 radical (unpaired) electrons. The highest BCUT2D eigenvalue weighted by Crippen LogP contribution is 2.35. The molecule has 5 heteroatoms. The first-order valence-corrected chi connectivity index (χ1v) is 11.1. The van der Waals surface area contributed by atoms with Gasteiger partial charge in [0.25, 0.3) is 0 Å². The number of hydrogen-bond donors (Lipinski definition) is 0. The smallest absolute Gasteiger partial charge is 0.217 e. The second-order valence-corrected chi connectivity index (χ2v) is 9.29. The Balaban J connectivity index is 1.64. The molecule has 4 nitrogen and oxygen atoms in total. The topological polar surface area (TPSA) is 43.2 Å². The van der Waals surface area contributed by atoms with Gasteiger partial charge in [-0.25, -0.2) is 9.98 Å². The molecule has 0 spiro atoms. The van der Waals surface area contributed by atoms with Gasteiger partial charge in [-0.05, 0) is 36.1 Å². The van der Waals surface area contributed by atoms with Crippen molar-refractivity contribution in [1.82, 2.24) is 0 Å². The lowest BCUT2D eigenvalue weighted by atomic mass is 10.1. The third kappa shape index (κ3) is 4.35. The first kappa shape index (κ1) is 20.0. The summed E-state index contributed by atoms with van der Waals surface area (Å²) in [5.74, 6) is 2.44. The van der Waals surface area contributed by atoms with Crippen LogP contribution in [0.5, 0.6) is 0 Å². The Morgan fingerprint density at radius 3 is 1.52 bits per heavy atom. The number of benzene rings is 2. The molecule has 2 heterocycles. The monoisotopic (exact) mass is 408 g/mol. The largest absolute Gasteiger partial charge is 0.475 e. The maximum atomic E-state index is 5.95. The Labute approximate surface area is 177 Å². The lowest BCUT2D eigenvalue weighted by Gasteiger charge is -2.12. The van der Waals surface area contributed by atoms with Crippen LogP contribution >= 0.6 is 11.8 Å². The summed E-state index contributed by atoms with van der Waals surface area (Å²) in [6.07, 6.45) is 0. The normalized spacial score (nSPS) is 21.2. The highest BCUT2D eigenvalue weighted by atomic mass is 32.2. The molecule has 152 valence electrons. The van der Waals surface area contributed by atoms with Gasteiger partial charge >= 0.3 is 0 Å². The number of nitrogens with zero attached hydrogens (tertiary/aromatic N) is 2. The number of hydrogen-bond acceptors (Lipinski definition) is 5. The van der Waals surface area contributed by atoms with E-state index in [9.17, 15) is 0 Å². The molecule has 0 fully saturated rings. The third-order valence-electron chi connectivity index (χ3n) is 5.34. The average Bonchev–Trinajstić information content (AvgIpc) is 3.39. The van der Waals surface area contributed by atoms with Gasteiger partial charge in [0.2, 0.25) is 11.8 Å². The summed E-state index contributed by atoms with van der Waals surface area (Å²) in [6, 6.07) is 17.1. The van der Waals surface area contributed by atoms with Gasteiger partial charge in [0.1, 0.15) is 13.2 Å². The first-order chi connectivity index (χ1) is 14.0. The van der Waals surface area contributed by atoms with Crippen LogP contribution in [0.2, 0.25) is 0 Å². The summed E-state index contributed by atoms with van der Waals surface area (Å²) in [7, 11) is 0. The van der Waals surface area contributed by atoms with Crippen LogP contribution in [0, 0.1) is 11.8 Å². The van der Waals surface area contributed by atoms with E-state index in [0.717, 1.165) is 32.7 Å². The molecule has 2 aromatic rings. The molecule has 0 unspecified atom stereocenters. The quantitative estimate of drug-likeness (QED) is 0.639. The Morgan fingerprint density at radius 1 is 0.724 bits per heavy atom. The van der Waals surface area contributed by atoms with E-state index in [-0.39, 0.29) is 12.1 Å². The fraction of sp³-hybridized carbons (Fsp3) is 0.417. The van der Waals surface area contributed by atoms with E-state index < -0.39 is 0 Å². The van der Waals surface area contributed by atoms with E-state index in [2.05, 4.69) is 64.1 Å². The summed E-state index contributed by atoms with van der Waals surface area (Å²) in [4.78, 5) is 11.9. The second kappa shape index (κ2) is 8.62. The van der Waals surface area contributed by atoms with E-state index in [4.69, 9.17) is 19.5 Å². The molecule has 29 heavy (non-hydrogen) atoms. The minimum atomic E-state index is 0.226. The van der Waals surface area contributed by atoms with Crippen LogP contribution in [0.25, 0.3) is 0 Å². The highest BCUT2D eigenvalue weighted by molar-refractivity contribution is 7.99. The molecule has 0 bridgehead atoms. The predicted molar refractivity (Wildman–Crippen MR) is 119 cm³/mol. The molecule has 2 aliphatic rings. The predicted octanol–water partition coefficient (Wildman–Crippen LogP) is 5.44. The van der Waals surface area contributed by atoms with Gasteiger partial charge in [-0.2, -0.15) is 0 Å². The minimum absolute atomic E-state index is 0.226. The van der Waals surface area contributed by atoms with Gasteiger partial charge in [-0.1, -0.05) is 63.7 Å². The summed E-state index contributed by atoms with van der Waals surface area (Å²) in [5.41, 5.74) is 2.09. The van der Waals surface area contributed by atoms with Crippen molar-refractivity contribution >= 4 is 23.6 Å². The fourth-order valence-electron chi connectivity index (χ4n) is 3.34. The molecule has 0 aromatic heterocycles. The SMILES string of the molecule is CC(C)[C@H]1COC(c2ccccc2Sc2ccccc2C2=N[C@@H](C(C)C)CO2)=N1. The van der Waals surface area contributed by atoms with Crippen molar-refractivity contribution in [3.63, 3.8) is 0 Å². The van der Waals surface area contributed by atoms with Crippen molar-refractivity contribution < 1.29 is 9.47 Å². The molecule has 0 aliphatic carbocycles. The van der Waals surface area contributed by atoms with E-state index in [1.54, 1.807) is 11.8 Å². The molecule has 0 saturated heterocycles. The summed E-state index contributed by atoms with van der Waals surface area (Å²) >= 11 is 1.71. The van der Waals surface area contributed by atoms with Crippen LogP contribution in [0.15, 0.2) is 68.3 Å². The van der Waals surface area contributed by atoms with Crippen molar-refractivity contribution in [3.05, 3.63) is 59.7 Å². The summed E-state index contributed by atoms with van der Waals surface area (Å²) < 4.78 is 11.9. The van der Waals surface area contributed by atoms with E-state index in [0.29, 0.717) is 25.0 Å². The molecule has 2 aliphatic heterocycles. The molecule has 2 atom stereocenters. The van der Waals surface area contributed by atoms with Crippen LogP contribution < -0.4 is 0 Å². The second-order valence-electron chi connectivity index (χ2n) is 8.21. The Morgan fingerprint density at radius 2 is 1.14 bits per heavy atom. The molecule has 4 rings (SSSR count). The fourth-order valence-corrected chi connectivity index (χ4v) is 4.40. The van der Waals surface area contributed by atoms with E-state index in [1.165, 1.54) is 0 Å². The molecule has 0 amide bonds. The average molecular weight is 409 g/mol. The standard InChI is InChI=1S/C24H28N2O2S/c1-15(2)19-13-27-23(25-19)17-9-5-7-11-21(17)29-22-12-8-6-10-18(22)24-26-20(14-28-24)16(3)4/h5-12,15-16,19-20H,13-14H2,1-4H3/t19-,20-/m1/s1. The van der Waals surface area contributed by atoms with Crippen LogP contribution in [0.3, 0.4) is 0 Å². The van der Waals surface area contributed by atoms with Crippen molar-refractivity contribution in [2.45, 2.75) is 49.6 Å². The molecule has 2 aromatic carbocycles. The zero-order valence-corrected chi connectivity index (χ0v) is 18.3. The van der Waals surface area contributed by atoms with Crippen molar-refractivity contribution in [2.24, 2.45) is 21.8 Å². The highest BCUT2D eigenvalue weighted by Gasteiger charge is 2.26. The van der Waals surface area contributed by atoms with Crippen LogP contribution in [0.4, 0.5) is 0 Å². The van der Waals surface area contributed by atoms with E-state index in [1.807, 2.05) is 12.1 Å². The van der Waals surface area contributed by atoms with Crippen molar-refractivity contribution in [3.8, 4) is 0 Å². The lowest BCUT2D eigenvalue weighted by molar-refractivity contribution is 0.291. The van der Waals surface area contributed by atoms with Crippen molar-refractivity contribution in [1.29, 1.82) is 0 Å². The zero-order valence-electron chi connectivity index (χ0n) is 17.5. The van der Waals surface area contributed by atoms with Gasteiger partial charge in [-0.15, -0.1) is 0 Å². The third-order valence-corrected chi connectivity index (χ3v) is 6.49. The van der Waals surface area contributed by atoms with Crippen LogP contribution in [-0.4, -0.2) is 37.1 Å². The Bertz CT molecular complexity index is 860. The molecular weight excluding hydrogens is 380 g/mol. The van der Waals surface area contributed by atoms with Crippen molar-refractivity contribution in [2.75, 3.05) is 13.2 Å².